The molecule has 0 radical (unpaired) electrons. The first-order chi connectivity index (χ1) is 9.63. The van der Waals surface area contributed by atoms with Gasteiger partial charge in [-0.3, -0.25) is 0 Å². The summed E-state index contributed by atoms with van der Waals surface area (Å²) < 4.78 is 18.3. The van der Waals surface area contributed by atoms with E-state index in [0.717, 1.165) is 11.3 Å². The molecule has 0 aliphatic rings. The molecular weight excluding hydrogens is 255 g/mol. The predicted octanol–water partition coefficient (Wildman–Crippen LogP) is 3.88. The van der Waals surface area contributed by atoms with Crippen LogP contribution in [0.2, 0.25) is 0 Å². The van der Waals surface area contributed by atoms with E-state index in [1.807, 2.05) is 19.1 Å². The molecule has 4 heteroatoms. The molecule has 0 spiro atoms. The zero-order valence-electron chi connectivity index (χ0n) is 11.4. The fourth-order valence-electron chi connectivity index (χ4n) is 1.93. The number of methoxy groups -OCH3 is 1. The molecule has 0 saturated heterocycles. The number of anilines is 1. The Morgan fingerprint density at radius 1 is 1.20 bits per heavy atom. The summed E-state index contributed by atoms with van der Waals surface area (Å²) in [7, 11) is 1.44. The van der Waals surface area contributed by atoms with Crippen LogP contribution < -0.4 is 10.1 Å². The molecule has 0 fully saturated rings. The largest absolute Gasteiger partial charge is 0.494 e. The van der Waals surface area contributed by atoms with Crippen LogP contribution in [-0.2, 0) is 0 Å². The highest BCUT2D eigenvalue weighted by Crippen LogP contribution is 2.25. The Kier molecular flexibility index (Phi) is 4.21. The van der Waals surface area contributed by atoms with Gasteiger partial charge in [0.1, 0.15) is 0 Å². The van der Waals surface area contributed by atoms with Gasteiger partial charge in [-0.05, 0) is 36.8 Å². The van der Waals surface area contributed by atoms with Gasteiger partial charge in [0.2, 0.25) is 0 Å². The van der Waals surface area contributed by atoms with Gasteiger partial charge in [-0.2, -0.15) is 5.26 Å². The fraction of sp³-hybridized carbons (Fsp3) is 0.188. The number of hydrogen-bond acceptors (Lipinski definition) is 3. The minimum Gasteiger partial charge on any atom is -0.494 e. The maximum absolute atomic E-state index is 13.3. The van der Waals surface area contributed by atoms with Gasteiger partial charge >= 0.3 is 0 Å². The van der Waals surface area contributed by atoms with Crippen LogP contribution in [0.3, 0.4) is 0 Å². The molecule has 0 aromatic heterocycles. The number of ether oxygens (including phenoxy) is 1. The third-order valence-corrected chi connectivity index (χ3v) is 3.07. The highest BCUT2D eigenvalue weighted by atomic mass is 19.1. The summed E-state index contributed by atoms with van der Waals surface area (Å²) in [6.45, 7) is 2.00. The van der Waals surface area contributed by atoms with E-state index in [1.165, 1.54) is 13.2 Å². The quantitative estimate of drug-likeness (QED) is 0.917. The summed E-state index contributed by atoms with van der Waals surface area (Å²) in [4.78, 5) is 0. The number of halogens is 1. The molecule has 1 N–H and O–H groups in total. The normalized spacial score (nSPS) is 11.5. The van der Waals surface area contributed by atoms with E-state index in [0.29, 0.717) is 5.56 Å². The molecule has 2 aromatic rings. The first kappa shape index (κ1) is 13.9. The number of hydrogen-bond donors (Lipinski definition) is 1. The van der Waals surface area contributed by atoms with Crippen LogP contribution in [-0.4, -0.2) is 7.11 Å². The van der Waals surface area contributed by atoms with Crippen molar-refractivity contribution in [3.05, 3.63) is 59.4 Å². The molecule has 0 saturated carbocycles. The zero-order valence-corrected chi connectivity index (χ0v) is 11.4. The summed E-state index contributed by atoms with van der Waals surface area (Å²) in [5.41, 5.74) is 2.46. The number of nitriles is 1. The van der Waals surface area contributed by atoms with Gasteiger partial charge in [0.25, 0.3) is 0 Å². The number of nitrogens with zero attached hydrogens (tertiary/aromatic N) is 1. The third kappa shape index (κ3) is 3.07. The fourth-order valence-corrected chi connectivity index (χ4v) is 1.93. The van der Waals surface area contributed by atoms with Crippen molar-refractivity contribution in [1.29, 1.82) is 5.26 Å². The average Bonchev–Trinajstić information content (AvgIpc) is 2.49. The monoisotopic (exact) mass is 270 g/mol. The summed E-state index contributed by atoms with van der Waals surface area (Å²) in [6.07, 6.45) is 0. The lowest BCUT2D eigenvalue weighted by Crippen LogP contribution is -2.06. The minimum absolute atomic E-state index is 0.0397. The second kappa shape index (κ2) is 6.07. The third-order valence-electron chi connectivity index (χ3n) is 3.07. The van der Waals surface area contributed by atoms with E-state index in [-0.39, 0.29) is 17.6 Å². The van der Waals surface area contributed by atoms with Crippen molar-refractivity contribution in [3.63, 3.8) is 0 Å². The Balaban J connectivity index is 2.14. The van der Waals surface area contributed by atoms with E-state index in [2.05, 4.69) is 11.4 Å². The van der Waals surface area contributed by atoms with Crippen molar-refractivity contribution in [3.8, 4) is 11.8 Å². The van der Waals surface area contributed by atoms with E-state index in [9.17, 15) is 4.39 Å². The lowest BCUT2D eigenvalue weighted by atomic mass is 10.1. The molecule has 1 unspecified atom stereocenters. The van der Waals surface area contributed by atoms with Crippen molar-refractivity contribution < 1.29 is 9.13 Å². The van der Waals surface area contributed by atoms with Crippen molar-refractivity contribution >= 4 is 5.69 Å². The van der Waals surface area contributed by atoms with Crippen LogP contribution >= 0.6 is 0 Å². The van der Waals surface area contributed by atoms with E-state index >= 15 is 0 Å². The molecule has 20 heavy (non-hydrogen) atoms. The lowest BCUT2D eigenvalue weighted by Gasteiger charge is -2.16. The summed E-state index contributed by atoms with van der Waals surface area (Å²) in [6, 6.07) is 14.1. The molecule has 2 rings (SSSR count). The Morgan fingerprint density at radius 3 is 2.50 bits per heavy atom. The molecule has 0 bridgehead atoms. The lowest BCUT2D eigenvalue weighted by molar-refractivity contribution is 0.387. The highest BCUT2D eigenvalue weighted by Gasteiger charge is 2.08. The molecule has 2 aromatic carbocycles. The Bertz CT molecular complexity index is 632. The first-order valence-electron chi connectivity index (χ1n) is 6.24. The molecule has 1 atom stereocenters. The SMILES string of the molecule is COc1cc(NC(C)c2ccc(C#N)cc2)ccc1F. The molecule has 0 amide bonds. The smallest absolute Gasteiger partial charge is 0.165 e. The van der Waals surface area contributed by atoms with Gasteiger partial charge in [0.15, 0.2) is 11.6 Å². The van der Waals surface area contributed by atoms with Crippen LogP contribution in [0.5, 0.6) is 5.75 Å². The van der Waals surface area contributed by atoms with E-state index < -0.39 is 0 Å². The maximum Gasteiger partial charge on any atom is 0.165 e. The van der Waals surface area contributed by atoms with Gasteiger partial charge < -0.3 is 10.1 Å². The molecule has 3 nitrogen and oxygen atoms in total. The van der Waals surface area contributed by atoms with E-state index in [1.54, 1.807) is 24.3 Å². The number of benzene rings is 2. The molecule has 0 heterocycles. The van der Waals surface area contributed by atoms with E-state index in [4.69, 9.17) is 10.00 Å². The molecule has 0 aliphatic carbocycles. The van der Waals surface area contributed by atoms with Gasteiger partial charge in [-0.25, -0.2) is 4.39 Å². The topological polar surface area (TPSA) is 45.0 Å². The number of rotatable bonds is 4. The van der Waals surface area contributed by atoms with Crippen molar-refractivity contribution in [2.24, 2.45) is 0 Å². The average molecular weight is 270 g/mol. The second-order valence-electron chi connectivity index (χ2n) is 4.45. The van der Waals surface area contributed by atoms with Crippen molar-refractivity contribution in [2.45, 2.75) is 13.0 Å². The van der Waals surface area contributed by atoms with Gasteiger partial charge in [0.05, 0.1) is 18.7 Å². The molecule has 102 valence electrons. The van der Waals surface area contributed by atoms with Crippen LogP contribution in [0.15, 0.2) is 42.5 Å². The summed E-state index contributed by atoms with van der Waals surface area (Å²) in [5.74, 6) is -0.175. The predicted molar refractivity (Wildman–Crippen MR) is 76.1 cm³/mol. The van der Waals surface area contributed by atoms with Crippen LogP contribution in [0.1, 0.15) is 24.1 Å². The van der Waals surface area contributed by atoms with Crippen LogP contribution in [0.25, 0.3) is 0 Å². The summed E-state index contributed by atoms with van der Waals surface area (Å²) >= 11 is 0. The van der Waals surface area contributed by atoms with Gasteiger partial charge in [-0.15, -0.1) is 0 Å². The number of nitrogens with one attached hydrogen (secondary N) is 1. The van der Waals surface area contributed by atoms with Crippen LogP contribution in [0, 0.1) is 17.1 Å². The van der Waals surface area contributed by atoms with Crippen molar-refractivity contribution in [2.75, 3.05) is 12.4 Å². The highest BCUT2D eigenvalue weighted by molar-refractivity contribution is 5.50. The second-order valence-corrected chi connectivity index (χ2v) is 4.45. The summed E-state index contributed by atoms with van der Waals surface area (Å²) in [5, 5.41) is 12.0. The van der Waals surface area contributed by atoms with Crippen molar-refractivity contribution in [1.82, 2.24) is 0 Å². The standard InChI is InChI=1S/C16H15FN2O/c1-11(13-5-3-12(10-18)4-6-13)19-14-7-8-15(17)16(9-14)20-2/h3-9,11,19H,1-2H3. The Hall–Kier alpha value is -2.54. The Labute approximate surface area is 117 Å². The first-order valence-corrected chi connectivity index (χ1v) is 6.24. The molecule has 0 aliphatic heterocycles. The minimum atomic E-state index is -0.385. The zero-order chi connectivity index (χ0) is 14.5. The van der Waals surface area contributed by atoms with Gasteiger partial charge in [0, 0.05) is 17.8 Å². The Morgan fingerprint density at radius 2 is 1.90 bits per heavy atom. The van der Waals surface area contributed by atoms with Crippen LogP contribution in [0.4, 0.5) is 10.1 Å². The molecular formula is C16H15FN2O. The maximum atomic E-state index is 13.3. The van der Waals surface area contributed by atoms with Gasteiger partial charge in [-0.1, -0.05) is 12.1 Å².